The van der Waals surface area contributed by atoms with Crippen molar-refractivity contribution in [3.63, 3.8) is 0 Å². The zero-order valence-corrected chi connectivity index (χ0v) is 14.7. The Kier molecular flexibility index (Phi) is 6.37. The summed E-state index contributed by atoms with van der Waals surface area (Å²) in [7, 11) is 2.08. The zero-order chi connectivity index (χ0) is 17.5. The smallest absolute Gasteiger partial charge is 0.228 e. The van der Waals surface area contributed by atoms with E-state index in [1.807, 2.05) is 44.2 Å². The van der Waals surface area contributed by atoms with Crippen LogP contribution in [0.4, 0.5) is 11.5 Å². The number of aromatic nitrogens is 2. The molecule has 2 heterocycles. The second-order valence-electron chi connectivity index (χ2n) is 5.78. The molecule has 130 valence electrons. The lowest BCUT2D eigenvalue weighted by atomic mass is 9.96. The minimum absolute atomic E-state index is 0.0121. The molecule has 0 bridgehead atoms. The highest BCUT2D eigenvalue weighted by atomic mass is 16.2. The van der Waals surface area contributed by atoms with Gasteiger partial charge in [-0.1, -0.05) is 32.0 Å². The molecular weight excluding hydrogens is 302 g/mol. The minimum Gasteiger partial charge on any atom is -0.394 e. The standard InChI is InChI=1S/C16H21N5O.C2H6/c1-20-9-7-12(8-10-20)16(22)18-15-14(17)11-21(19-15)13-5-3-2-4-6-13;1-2/h2-6,11-12H,7-10,17H2,1H3,(H,18,19,22);1-2H3. The third-order valence-corrected chi connectivity index (χ3v) is 4.09. The normalized spacial score (nSPS) is 15.5. The average molecular weight is 329 g/mol. The average Bonchev–Trinajstić information content (AvgIpc) is 2.99. The second-order valence-corrected chi connectivity index (χ2v) is 5.78. The molecule has 0 unspecified atom stereocenters. The summed E-state index contributed by atoms with van der Waals surface area (Å²) in [4.78, 5) is 14.6. The lowest BCUT2D eigenvalue weighted by Gasteiger charge is -2.27. The summed E-state index contributed by atoms with van der Waals surface area (Å²) >= 11 is 0. The second kappa shape index (κ2) is 8.49. The molecule has 0 aliphatic carbocycles. The number of hydrogen-bond donors (Lipinski definition) is 2. The van der Waals surface area contributed by atoms with Crippen LogP contribution < -0.4 is 11.1 Å². The van der Waals surface area contributed by atoms with Crippen molar-refractivity contribution >= 4 is 17.4 Å². The predicted octanol–water partition coefficient (Wildman–Crippen LogP) is 2.76. The summed E-state index contributed by atoms with van der Waals surface area (Å²) in [6.07, 6.45) is 3.48. The third kappa shape index (κ3) is 4.35. The van der Waals surface area contributed by atoms with E-state index in [-0.39, 0.29) is 11.8 Å². The van der Waals surface area contributed by atoms with Crippen LogP contribution in [0.2, 0.25) is 0 Å². The number of nitrogens with one attached hydrogen (secondary N) is 1. The van der Waals surface area contributed by atoms with Gasteiger partial charge in [-0.15, -0.1) is 5.10 Å². The Morgan fingerprint density at radius 3 is 2.46 bits per heavy atom. The molecule has 1 aromatic heterocycles. The number of amides is 1. The summed E-state index contributed by atoms with van der Waals surface area (Å²) in [5, 5.41) is 7.25. The van der Waals surface area contributed by atoms with Crippen LogP contribution in [0, 0.1) is 5.92 Å². The molecule has 1 fully saturated rings. The first-order chi connectivity index (χ1) is 11.6. The van der Waals surface area contributed by atoms with Crippen molar-refractivity contribution in [1.82, 2.24) is 14.7 Å². The molecular formula is C18H27N5O. The van der Waals surface area contributed by atoms with Crippen molar-refractivity contribution in [2.24, 2.45) is 5.92 Å². The maximum absolute atomic E-state index is 12.3. The van der Waals surface area contributed by atoms with Crippen LogP contribution >= 0.6 is 0 Å². The number of anilines is 2. The van der Waals surface area contributed by atoms with E-state index in [1.54, 1.807) is 10.9 Å². The van der Waals surface area contributed by atoms with Gasteiger partial charge in [0.15, 0.2) is 5.82 Å². The van der Waals surface area contributed by atoms with Gasteiger partial charge in [-0.3, -0.25) is 4.79 Å². The number of rotatable bonds is 3. The van der Waals surface area contributed by atoms with Crippen LogP contribution in [0.5, 0.6) is 0 Å². The van der Waals surface area contributed by atoms with Crippen molar-refractivity contribution in [1.29, 1.82) is 0 Å². The number of benzene rings is 1. The van der Waals surface area contributed by atoms with Crippen molar-refractivity contribution in [3.8, 4) is 5.69 Å². The number of nitrogens with zero attached hydrogens (tertiary/aromatic N) is 3. The van der Waals surface area contributed by atoms with Gasteiger partial charge in [0, 0.05) is 5.92 Å². The summed E-state index contributed by atoms with van der Waals surface area (Å²) in [6.45, 7) is 5.90. The molecule has 0 saturated carbocycles. The van der Waals surface area contributed by atoms with Crippen molar-refractivity contribution in [2.75, 3.05) is 31.2 Å². The van der Waals surface area contributed by atoms with E-state index in [2.05, 4.69) is 22.4 Å². The van der Waals surface area contributed by atoms with Gasteiger partial charge in [0.1, 0.15) is 0 Å². The SMILES string of the molecule is CC.CN1CCC(C(=O)Nc2nn(-c3ccccc3)cc2N)CC1. The number of hydrogen-bond acceptors (Lipinski definition) is 4. The van der Waals surface area contributed by atoms with Gasteiger partial charge in [-0.2, -0.15) is 0 Å². The lowest BCUT2D eigenvalue weighted by molar-refractivity contribution is -0.121. The van der Waals surface area contributed by atoms with E-state index >= 15 is 0 Å². The van der Waals surface area contributed by atoms with E-state index in [1.165, 1.54) is 0 Å². The number of likely N-dealkylation sites (tertiary alicyclic amines) is 1. The number of piperidine rings is 1. The first kappa shape index (κ1) is 18.0. The fourth-order valence-electron chi connectivity index (χ4n) is 2.69. The lowest BCUT2D eigenvalue weighted by Crippen LogP contribution is -2.36. The fraction of sp³-hybridized carbons (Fsp3) is 0.444. The number of carbonyl (C=O) groups is 1. The summed E-state index contributed by atoms with van der Waals surface area (Å²) in [5.41, 5.74) is 7.36. The third-order valence-electron chi connectivity index (χ3n) is 4.09. The van der Waals surface area contributed by atoms with E-state index in [0.717, 1.165) is 31.6 Å². The maximum atomic E-state index is 12.3. The van der Waals surface area contributed by atoms with Gasteiger partial charge >= 0.3 is 0 Å². The molecule has 0 spiro atoms. The first-order valence-electron chi connectivity index (χ1n) is 8.53. The molecule has 1 aliphatic heterocycles. The zero-order valence-electron chi connectivity index (χ0n) is 14.7. The van der Waals surface area contributed by atoms with Gasteiger partial charge in [0.25, 0.3) is 0 Å². The van der Waals surface area contributed by atoms with E-state index in [9.17, 15) is 4.79 Å². The van der Waals surface area contributed by atoms with Gasteiger partial charge in [-0.25, -0.2) is 4.68 Å². The Bertz CT molecular complexity index is 645. The molecule has 1 aromatic carbocycles. The van der Waals surface area contributed by atoms with Crippen LogP contribution in [0.3, 0.4) is 0 Å². The molecule has 0 radical (unpaired) electrons. The minimum atomic E-state index is 0.0121. The Morgan fingerprint density at radius 1 is 1.21 bits per heavy atom. The van der Waals surface area contributed by atoms with Gasteiger partial charge in [0.05, 0.1) is 17.6 Å². The van der Waals surface area contributed by atoms with Crippen molar-refractivity contribution in [3.05, 3.63) is 36.5 Å². The Balaban J connectivity index is 0.00000100. The molecule has 2 aromatic rings. The van der Waals surface area contributed by atoms with Crippen LogP contribution in [0.15, 0.2) is 36.5 Å². The summed E-state index contributed by atoms with van der Waals surface area (Å²) in [6, 6.07) is 9.69. The molecule has 1 amide bonds. The monoisotopic (exact) mass is 329 g/mol. The molecule has 0 atom stereocenters. The number of carbonyl (C=O) groups excluding carboxylic acids is 1. The van der Waals surface area contributed by atoms with Crippen molar-refractivity contribution in [2.45, 2.75) is 26.7 Å². The highest BCUT2D eigenvalue weighted by Crippen LogP contribution is 2.22. The van der Waals surface area contributed by atoms with E-state index < -0.39 is 0 Å². The van der Waals surface area contributed by atoms with E-state index in [4.69, 9.17) is 5.73 Å². The summed E-state index contributed by atoms with van der Waals surface area (Å²) in [5.74, 6) is 0.489. The Labute approximate surface area is 143 Å². The largest absolute Gasteiger partial charge is 0.394 e. The molecule has 1 saturated heterocycles. The number of nitrogens with two attached hydrogens (primary N) is 1. The molecule has 3 rings (SSSR count). The van der Waals surface area contributed by atoms with Crippen LogP contribution in [0.25, 0.3) is 5.69 Å². The Hall–Kier alpha value is -2.34. The van der Waals surface area contributed by atoms with Crippen molar-refractivity contribution < 1.29 is 4.79 Å². The first-order valence-corrected chi connectivity index (χ1v) is 8.53. The molecule has 24 heavy (non-hydrogen) atoms. The highest BCUT2D eigenvalue weighted by Gasteiger charge is 2.24. The number of para-hydroxylation sites is 1. The molecule has 1 aliphatic rings. The van der Waals surface area contributed by atoms with Crippen LogP contribution in [-0.4, -0.2) is 40.7 Å². The highest BCUT2D eigenvalue weighted by molar-refractivity contribution is 5.94. The van der Waals surface area contributed by atoms with Crippen LogP contribution in [-0.2, 0) is 4.79 Å². The summed E-state index contributed by atoms with van der Waals surface area (Å²) < 4.78 is 1.68. The predicted molar refractivity (Wildman–Crippen MR) is 98.2 cm³/mol. The van der Waals surface area contributed by atoms with E-state index in [0.29, 0.717) is 11.5 Å². The Morgan fingerprint density at radius 2 is 1.83 bits per heavy atom. The van der Waals surface area contributed by atoms with Gasteiger partial charge in [0.2, 0.25) is 5.91 Å². The van der Waals surface area contributed by atoms with Crippen LogP contribution in [0.1, 0.15) is 26.7 Å². The number of nitrogen functional groups attached to an aromatic ring is 1. The molecule has 3 N–H and O–H groups in total. The quantitative estimate of drug-likeness (QED) is 0.908. The molecule has 6 nitrogen and oxygen atoms in total. The van der Waals surface area contributed by atoms with Gasteiger partial charge < -0.3 is 16.0 Å². The molecule has 6 heteroatoms. The topological polar surface area (TPSA) is 76.2 Å². The fourth-order valence-corrected chi connectivity index (χ4v) is 2.69. The maximum Gasteiger partial charge on any atom is 0.228 e. The van der Waals surface area contributed by atoms with Gasteiger partial charge in [-0.05, 0) is 45.1 Å².